The highest BCUT2D eigenvalue weighted by Gasteiger charge is 2.19. The van der Waals surface area contributed by atoms with E-state index in [0.29, 0.717) is 6.54 Å². The lowest BCUT2D eigenvalue weighted by Crippen LogP contribution is -2.87. The van der Waals surface area contributed by atoms with Crippen molar-refractivity contribution >= 4 is 11.6 Å². The molecule has 0 aromatic heterocycles. The van der Waals surface area contributed by atoms with Gasteiger partial charge in [0.15, 0.2) is 6.54 Å². The number of benzene rings is 3. The summed E-state index contributed by atoms with van der Waals surface area (Å²) < 4.78 is 0. The third kappa shape index (κ3) is 4.83. The summed E-state index contributed by atoms with van der Waals surface area (Å²) in [5, 5.41) is 5.22. The standard InChI is InChI=1S/C24H26N2O/c1-3-19-16-10-11-18(2)23(19)26-22(27)17-25-24(20-12-6-4-7-13-20)21-14-8-5-9-15-21/h4-16,24-25H,3,17H2,1-2H3,(H,26,27)/p+1. The minimum atomic E-state index is 0.0239. The zero-order chi connectivity index (χ0) is 19.1. The summed E-state index contributed by atoms with van der Waals surface area (Å²) in [6.45, 7) is 4.51. The normalized spacial score (nSPS) is 10.8. The largest absolute Gasteiger partial charge is 0.328 e. The fourth-order valence-electron chi connectivity index (χ4n) is 3.40. The van der Waals surface area contributed by atoms with E-state index in [1.165, 1.54) is 16.7 Å². The number of quaternary nitrogens is 1. The first-order valence-corrected chi connectivity index (χ1v) is 9.50. The van der Waals surface area contributed by atoms with Crippen molar-refractivity contribution in [2.75, 3.05) is 11.9 Å². The van der Waals surface area contributed by atoms with E-state index < -0.39 is 0 Å². The molecule has 1 amide bonds. The zero-order valence-corrected chi connectivity index (χ0v) is 16.0. The molecule has 0 saturated carbocycles. The Hall–Kier alpha value is -2.91. The number of nitrogens with two attached hydrogens (primary N) is 1. The maximum atomic E-state index is 12.7. The zero-order valence-electron chi connectivity index (χ0n) is 16.0. The van der Waals surface area contributed by atoms with Gasteiger partial charge in [0.25, 0.3) is 5.91 Å². The average Bonchev–Trinajstić information content (AvgIpc) is 2.71. The van der Waals surface area contributed by atoms with Crippen molar-refractivity contribution < 1.29 is 10.1 Å². The van der Waals surface area contributed by atoms with Crippen LogP contribution < -0.4 is 10.6 Å². The van der Waals surface area contributed by atoms with E-state index in [9.17, 15) is 4.79 Å². The second-order valence-corrected chi connectivity index (χ2v) is 6.75. The number of rotatable bonds is 7. The van der Waals surface area contributed by atoms with Crippen LogP contribution in [0.4, 0.5) is 5.69 Å². The molecule has 138 valence electrons. The minimum absolute atomic E-state index is 0.0239. The molecule has 0 unspecified atom stereocenters. The first kappa shape index (κ1) is 18.9. The fourth-order valence-corrected chi connectivity index (χ4v) is 3.40. The molecule has 3 rings (SSSR count). The van der Waals surface area contributed by atoms with Gasteiger partial charge in [-0.3, -0.25) is 4.79 Å². The van der Waals surface area contributed by atoms with E-state index in [4.69, 9.17) is 0 Å². The summed E-state index contributed by atoms with van der Waals surface area (Å²) in [7, 11) is 0. The van der Waals surface area contributed by atoms with Crippen LogP contribution in [0.15, 0.2) is 78.9 Å². The summed E-state index contributed by atoms with van der Waals surface area (Å²) in [4.78, 5) is 12.7. The fraction of sp³-hybridized carbons (Fsp3) is 0.208. The Kier molecular flexibility index (Phi) is 6.39. The number of nitrogens with one attached hydrogen (secondary N) is 1. The molecule has 27 heavy (non-hydrogen) atoms. The molecule has 3 N–H and O–H groups in total. The lowest BCUT2D eigenvalue weighted by molar-refractivity contribution is -0.676. The first-order chi connectivity index (χ1) is 13.2. The van der Waals surface area contributed by atoms with Crippen molar-refractivity contribution in [1.82, 2.24) is 0 Å². The average molecular weight is 359 g/mol. The predicted molar refractivity (Wildman–Crippen MR) is 111 cm³/mol. The van der Waals surface area contributed by atoms with Gasteiger partial charge in [0.2, 0.25) is 0 Å². The van der Waals surface area contributed by atoms with Crippen LogP contribution in [-0.2, 0) is 11.2 Å². The van der Waals surface area contributed by atoms with Gasteiger partial charge in [0.05, 0.1) is 0 Å². The Morgan fingerprint density at radius 2 is 1.48 bits per heavy atom. The molecule has 0 heterocycles. The van der Waals surface area contributed by atoms with E-state index in [0.717, 1.165) is 17.7 Å². The monoisotopic (exact) mass is 359 g/mol. The highest BCUT2D eigenvalue weighted by atomic mass is 16.1. The highest BCUT2D eigenvalue weighted by Crippen LogP contribution is 2.21. The minimum Gasteiger partial charge on any atom is -0.328 e. The third-order valence-electron chi connectivity index (χ3n) is 4.86. The van der Waals surface area contributed by atoms with Gasteiger partial charge in [-0.15, -0.1) is 0 Å². The topological polar surface area (TPSA) is 45.7 Å². The van der Waals surface area contributed by atoms with Gasteiger partial charge in [0.1, 0.15) is 6.04 Å². The molecule has 0 aliphatic rings. The van der Waals surface area contributed by atoms with E-state index >= 15 is 0 Å². The van der Waals surface area contributed by atoms with E-state index in [1.807, 2.05) is 55.5 Å². The molecular formula is C24H27N2O+. The highest BCUT2D eigenvalue weighted by molar-refractivity contribution is 5.93. The number of hydrogen-bond acceptors (Lipinski definition) is 1. The molecule has 3 aromatic carbocycles. The molecule has 0 spiro atoms. The van der Waals surface area contributed by atoms with Crippen molar-refractivity contribution in [3.63, 3.8) is 0 Å². The van der Waals surface area contributed by atoms with Crippen LogP contribution >= 0.6 is 0 Å². The number of para-hydroxylation sites is 1. The number of carbonyl (C=O) groups excluding carboxylic acids is 1. The Morgan fingerprint density at radius 1 is 0.889 bits per heavy atom. The van der Waals surface area contributed by atoms with Crippen LogP contribution in [-0.4, -0.2) is 12.5 Å². The molecule has 0 bridgehead atoms. The van der Waals surface area contributed by atoms with Gasteiger partial charge in [-0.1, -0.05) is 85.8 Å². The summed E-state index contributed by atoms with van der Waals surface area (Å²) in [5.74, 6) is 0.0239. The van der Waals surface area contributed by atoms with Crippen molar-refractivity contribution in [3.8, 4) is 0 Å². The van der Waals surface area contributed by atoms with Crippen LogP contribution in [0.2, 0.25) is 0 Å². The molecular weight excluding hydrogens is 332 g/mol. The van der Waals surface area contributed by atoms with Gasteiger partial charge in [-0.25, -0.2) is 0 Å². The van der Waals surface area contributed by atoms with Crippen LogP contribution in [0.25, 0.3) is 0 Å². The third-order valence-corrected chi connectivity index (χ3v) is 4.86. The molecule has 3 heteroatoms. The van der Waals surface area contributed by atoms with Crippen molar-refractivity contribution in [2.45, 2.75) is 26.3 Å². The van der Waals surface area contributed by atoms with Gasteiger partial charge in [0, 0.05) is 16.8 Å². The Labute approximate surface area is 161 Å². The SMILES string of the molecule is CCc1cccc(C)c1NC(=O)C[NH2+]C(c1ccccc1)c1ccccc1. The Bertz CT molecular complexity index is 836. The lowest BCUT2D eigenvalue weighted by atomic mass is 9.99. The molecule has 0 fully saturated rings. The van der Waals surface area contributed by atoms with Crippen LogP contribution in [0.3, 0.4) is 0 Å². The first-order valence-electron chi connectivity index (χ1n) is 9.50. The second kappa shape index (κ2) is 9.15. The number of hydrogen-bond donors (Lipinski definition) is 2. The van der Waals surface area contributed by atoms with Gasteiger partial charge >= 0.3 is 0 Å². The van der Waals surface area contributed by atoms with E-state index in [1.54, 1.807) is 0 Å². The van der Waals surface area contributed by atoms with Crippen LogP contribution in [0, 0.1) is 6.92 Å². The Morgan fingerprint density at radius 3 is 2.04 bits per heavy atom. The molecule has 0 atom stereocenters. The van der Waals surface area contributed by atoms with Crippen LogP contribution in [0.1, 0.15) is 35.2 Å². The number of anilines is 1. The van der Waals surface area contributed by atoms with Crippen molar-refractivity contribution in [2.24, 2.45) is 0 Å². The lowest BCUT2D eigenvalue weighted by Gasteiger charge is -2.17. The maximum absolute atomic E-state index is 12.7. The number of carbonyl (C=O) groups is 1. The van der Waals surface area contributed by atoms with Gasteiger partial charge in [-0.05, 0) is 24.5 Å². The Balaban J connectivity index is 1.74. The molecule has 0 aliphatic carbocycles. The van der Waals surface area contributed by atoms with Crippen molar-refractivity contribution in [1.29, 1.82) is 0 Å². The molecule has 3 aromatic rings. The molecule has 3 nitrogen and oxygen atoms in total. The van der Waals surface area contributed by atoms with Gasteiger partial charge < -0.3 is 10.6 Å². The van der Waals surface area contributed by atoms with E-state index in [2.05, 4.69) is 47.9 Å². The smallest absolute Gasteiger partial charge is 0.279 e. The van der Waals surface area contributed by atoms with Crippen molar-refractivity contribution in [3.05, 3.63) is 101 Å². The second-order valence-electron chi connectivity index (χ2n) is 6.75. The number of aryl methyl sites for hydroxylation is 2. The number of amides is 1. The van der Waals surface area contributed by atoms with Crippen LogP contribution in [0.5, 0.6) is 0 Å². The quantitative estimate of drug-likeness (QED) is 0.661. The van der Waals surface area contributed by atoms with Gasteiger partial charge in [-0.2, -0.15) is 0 Å². The summed E-state index contributed by atoms with van der Waals surface area (Å²) in [6.07, 6.45) is 0.900. The molecule has 0 aliphatic heterocycles. The van der Waals surface area contributed by atoms with E-state index in [-0.39, 0.29) is 11.9 Å². The predicted octanol–water partition coefficient (Wildman–Crippen LogP) is 3.85. The summed E-state index contributed by atoms with van der Waals surface area (Å²) >= 11 is 0. The summed E-state index contributed by atoms with van der Waals surface area (Å²) in [6, 6.07) is 26.9. The maximum Gasteiger partial charge on any atom is 0.279 e. The molecule has 0 radical (unpaired) electrons. The molecule has 0 saturated heterocycles. The summed E-state index contributed by atoms with van der Waals surface area (Å²) in [5.41, 5.74) is 5.62.